The van der Waals surface area contributed by atoms with Crippen LogP contribution < -0.4 is 0 Å². The van der Waals surface area contributed by atoms with Gasteiger partial charge >= 0.3 is 0 Å². The molecule has 0 aromatic heterocycles. The van der Waals surface area contributed by atoms with Crippen molar-refractivity contribution in [1.82, 2.24) is 0 Å². The summed E-state index contributed by atoms with van der Waals surface area (Å²) in [6, 6.07) is 9.47. The molecule has 0 saturated heterocycles. The van der Waals surface area contributed by atoms with Crippen molar-refractivity contribution < 1.29 is 0 Å². The molecule has 0 atom stereocenters. The van der Waals surface area contributed by atoms with E-state index in [0.29, 0.717) is 0 Å². The lowest BCUT2D eigenvalue weighted by molar-refractivity contribution is 0.539. The van der Waals surface area contributed by atoms with E-state index in [9.17, 15) is 0 Å². The fourth-order valence-electron chi connectivity index (χ4n) is 3.98. The molecule has 0 bridgehead atoms. The highest BCUT2D eigenvalue weighted by Gasteiger charge is 2.17. The van der Waals surface area contributed by atoms with E-state index in [1.165, 1.54) is 64.2 Å². The normalized spacial score (nSPS) is 21.8. The highest BCUT2D eigenvalue weighted by atomic mass is 14.2. The van der Waals surface area contributed by atoms with E-state index < -0.39 is 0 Å². The molecule has 2 aliphatic carbocycles. The third-order valence-corrected chi connectivity index (χ3v) is 4.99. The molecule has 0 heteroatoms. The van der Waals surface area contributed by atoms with Gasteiger partial charge in [0.05, 0.1) is 0 Å². The standard InChI is InChI=1S/C18H26/c1-2-7-15(6-1)12-17-10-5-11-18(14-17)13-16-8-3-4-9-16/h5,10-11,14-16H,1-4,6-9,12-13H2. The maximum atomic E-state index is 2.50. The van der Waals surface area contributed by atoms with Crippen LogP contribution >= 0.6 is 0 Å². The number of hydrogen-bond donors (Lipinski definition) is 0. The van der Waals surface area contributed by atoms with Crippen molar-refractivity contribution in [2.75, 3.05) is 0 Å². The molecule has 2 fully saturated rings. The van der Waals surface area contributed by atoms with Crippen molar-refractivity contribution in [2.24, 2.45) is 11.8 Å². The number of benzene rings is 1. The Kier molecular flexibility index (Phi) is 4.02. The quantitative estimate of drug-likeness (QED) is 0.684. The minimum absolute atomic E-state index is 0.978. The smallest absolute Gasteiger partial charge is 0.0250 e. The average Bonchev–Trinajstić information content (AvgIpc) is 3.03. The molecule has 0 radical (unpaired) electrons. The molecule has 98 valence electrons. The van der Waals surface area contributed by atoms with E-state index in [2.05, 4.69) is 24.3 Å². The Morgan fingerprint density at radius 1 is 0.722 bits per heavy atom. The van der Waals surface area contributed by atoms with Crippen LogP contribution in [0.25, 0.3) is 0 Å². The molecule has 18 heavy (non-hydrogen) atoms. The minimum Gasteiger partial charge on any atom is -0.0617 e. The van der Waals surface area contributed by atoms with Crippen molar-refractivity contribution >= 4 is 0 Å². The topological polar surface area (TPSA) is 0 Å². The lowest BCUT2D eigenvalue weighted by Gasteiger charge is -2.12. The van der Waals surface area contributed by atoms with Gasteiger partial charge in [-0.25, -0.2) is 0 Å². The SMILES string of the molecule is c1cc(CC2CCCC2)cc(CC2CCCC2)c1. The Labute approximate surface area is 112 Å². The predicted molar refractivity (Wildman–Crippen MR) is 77.8 cm³/mol. The summed E-state index contributed by atoms with van der Waals surface area (Å²) in [5.74, 6) is 1.96. The Morgan fingerprint density at radius 2 is 1.17 bits per heavy atom. The molecule has 3 rings (SSSR count). The summed E-state index contributed by atoms with van der Waals surface area (Å²) in [5, 5.41) is 0. The summed E-state index contributed by atoms with van der Waals surface area (Å²) in [6.45, 7) is 0. The fourth-order valence-corrected chi connectivity index (χ4v) is 3.98. The number of rotatable bonds is 4. The molecule has 0 heterocycles. The van der Waals surface area contributed by atoms with Crippen LogP contribution in [0.1, 0.15) is 62.5 Å². The fraction of sp³-hybridized carbons (Fsp3) is 0.667. The molecule has 2 saturated carbocycles. The lowest BCUT2D eigenvalue weighted by atomic mass is 9.93. The van der Waals surface area contributed by atoms with E-state index in [-0.39, 0.29) is 0 Å². The second-order valence-corrected chi connectivity index (χ2v) is 6.53. The van der Waals surface area contributed by atoms with Crippen LogP contribution in [0.15, 0.2) is 24.3 Å². The van der Waals surface area contributed by atoms with Crippen LogP contribution in [-0.2, 0) is 12.8 Å². The van der Waals surface area contributed by atoms with Gasteiger partial charge in [-0.1, -0.05) is 75.6 Å². The third-order valence-electron chi connectivity index (χ3n) is 4.99. The van der Waals surface area contributed by atoms with Crippen LogP contribution in [0.3, 0.4) is 0 Å². The van der Waals surface area contributed by atoms with Crippen LogP contribution in [0.5, 0.6) is 0 Å². The van der Waals surface area contributed by atoms with Crippen molar-refractivity contribution in [3.8, 4) is 0 Å². The number of hydrogen-bond acceptors (Lipinski definition) is 0. The first-order valence-corrected chi connectivity index (χ1v) is 7.98. The van der Waals surface area contributed by atoms with Gasteiger partial charge in [0.1, 0.15) is 0 Å². The van der Waals surface area contributed by atoms with Gasteiger partial charge in [0.2, 0.25) is 0 Å². The van der Waals surface area contributed by atoms with Crippen molar-refractivity contribution in [3.05, 3.63) is 35.4 Å². The van der Waals surface area contributed by atoms with Crippen LogP contribution in [-0.4, -0.2) is 0 Å². The zero-order chi connectivity index (χ0) is 12.2. The lowest BCUT2D eigenvalue weighted by Crippen LogP contribution is -2.02. The molecule has 0 unspecified atom stereocenters. The summed E-state index contributed by atoms with van der Waals surface area (Å²) >= 11 is 0. The molecule has 0 aliphatic heterocycles. The first-order chi connectivity index (χ1) is 8.90. The van der Waals surface area contributed by atoms with Gasteiger partial charge in [0.15, 0.2) is 0 Å². The Morgan fingerprint density at radius 3 is 1.61 bits per heavy atom. The Hall–Kier alpha value is -0.780. The molecule has 1 aromatic carbocycles. The van der Waals surface area contributed by atoms with Gasteiger partial charge < -0.3 is 0 Å². The van der Waals surface area contributed by atoms with Crippen molar-refractivity contribution in [2.45, 2.75) is 64.2 Å². The molecule has 0 N–H and O–H groups in total. The molecule has 0 amide bonds. The maximum Gasteiger partial charge on any atom is -0.0250 e. The average molecular weight is 242 g/mol. The highest BCUT2D eigenvalue weighted by Crippen LogP contribution is 2.30. The third kappa shape index (κ3) is 3.16. The summed E-state index contributed by atoms with van der Waals surface area (Å²) < 4.78 is 0. The summed E-state index contributed by atoms with van der Waals surface area (Å²) in [6.07, 6.45) is 14.4. The summed E-state index contributed by atoms with van der Waals surface area (Å²) in [5.41, 5.74) is 3.19. The van der Waals surface area contributed by atoms with Gasteiger partial charge in [-0.3, -0.25) is 0 Å². The summed E-state index contributed by atoms with van der Waals surface area (Å²) in [7, 11) is 0. The summed E-state index contributed by atoms with van der Waals surface area (Å²) in [4.78, 5) is 0. The molecular weight excluding hydrogens is 216 g/mol. The monoisotopic (exact) mass is 242 g/mol. The zero-order valence-corrected chi connectivity index (χ0v) is 11.5. The van der Waals surface area contributed by atoms with Gasteiger partial charge in [0, 0.05) is 0 Å². The van der Waals surface area contributed by atoms with E-state index in [4.69, 9.17) is 0 Å². The maximum absolute atomic E-state index is 2.50. The second kappa shape index (κ2) is 5.91. The molecule has 0 spiro atoms. The van der Waals surface area contributed by atoms with E-state index >= 15 is 0 Å². The van der Waals surface area contributed by atoms with Crippen LogP contribution in [0.4, 0.5) is 0 Å². The van der Waals surface area contributed by atoms with Crippen LogP contribution in [0, 0.1) is 11.8 Å². The Balaban J connectivity index is 1.60. The second-order valence-electron chi connectivity index (χ2n) is 6.53. The van der Waals surface area contributed by atoms with E-state index in [1.54, 1.807) is 11.1 Å². The van der Waals surface area contributed by atoms with Gasteiger partial charge in [-0.2, -0.15) is 0 Å². The molecule has 1 aromatic rings. The first-order valence-electron chi connectivity index (χ1n) is 7.98. The van der Waals surface area contributed by atoms with E-state index in [0.717, 1.165) is 11.8 Å². The Bertz CT molecular complexity index is 334. The van der Waals surface area contributed by atoms with Crippen molar-refractivity contribution in [1.29, 1.82) is 0 Å². The first kappa shape index (κ1) is 12.3. The molecule has 2 aliphatic rings. The van der Waals surface area contributed by atoms with E-state index in [1.807, 2.05) is 0 Å². The van der Waals surface area contributed by atoms with Gasteiger partial charge in [-0.15, -0.1) is 0 Å². The largest absolute Gasteiger partial charge is 0.0617 e. The highest BCUT2D eigenvalue weighted by molar-refractivity contribution is 5.24. The molecule has 0 nitrogen and oxygen atoms in total. The predicted octanol–water partition coefficient (Wildman–Crippen LogP) is 5.15. The zero-order valence-electron chi connectivity index (χ0n) is 11.5. The molecular formula is C18H26. The van der Waals surface area contributed by atoms with Gasteiger partial charge in [0.25, 0.3) is 0 Å². The van der Waals surface area contributed by atoms with Crippen molar-refractivity contribution in [3.63, 3.8) is 0 Å². The minimum atomic E-state index is 0.978. The van der Waals surface area contributed by atoms with Crippen LogP contribution in [0.2, 0.25) is 0 Å². The van der Waals surface area contributed by atoms with Gasteiger partial charge in [-0.05, 0) is 35.8 Å².